The Hall–Kier alpha value is -1.83. The average molecular weight is 500 g/mol. The van der Waals surface area contributed by atoms with Crippen molar-refractivity contribution in [2.45, 2.75) is 43.8 Å². The van der Waals surface area contributed by atoms with Gasteiger partial charge in [0.25, 0.3) is 0 Å². The molecule has 0 radical (unpaired) electrons. The number of rotatable bonds is 7. The molecule has 0 heterocycles. The monoisotopic (exact) mass is 499 g/mol. The number of hydrogen-bond donors (Lipinski definition) is 0. The number of hydrogen-bond acceptors (Lipinski definition) is 4. The number of halogens is 3. The van der Waals surface area contributed by atoms with Crippen molar-refractivity contribution < 1.29 is 17.7 Å². The first-order valence-corrected chi connectivity index (χ1v) is 13.3. The topological polar surface area (TPSA) is 38.7 Å². The van der Waals surface area contributed by atoms with Gasteiger partial charge in [-0.15, -0.1) is 11.8 Å². The average Bonchev–Trinajstić information content (AvgIpc) is 2.70. The van der Waals surface area contributed by atoms with Crippen LogP contribution in [0.3, 0.4) is 0 Å². The first-order valence-electron chi connectivity index (χ1n) is 9.76. The molecule has 0 aliphatic rings. The van der Waals surface area contributed by atoms with Crippen LogP contribution in [0.25, 0.3) is 0 Å². The third-order valence-electron chi connectivity index (χ3n) is 5.34. The van der Waals surface area contributed by atoms with E-state index in [1.807, 2.05) is 19.1 Å². The van der Waals surface area contributed by atoms with E-state index < -0.39 is 21.2 Å². The molecule has 0 amide bonds. The van der Waals surface area contributed by atoms with E-state index in [2.05, 4.69) is 24.7 Å². The molecule has 0 saturated carbocycles. The molecule has 0 aromatic heterocycles. The van der Waals surface area contributed by atoms with Crippen molar-refractivity contribution in [2.75, 3.05) is 13.4 Å². The lowest BCUT2D eigenvalue weighted by Crippen LogP contribution is -2.18. The summed E-state index contributed by atoms with van der Waals surface area (Å²) < 4.78 is 46.0. The molecule has 0 N–H and O–H groups in total. The molecule has 3 nitrogen and oxygen atoms in total. The zero-order valence-electron chi connectivity index (χ0n) is 19.1. The summed E-state index contributed by atoms with van der Waals surface area (Å²) in [5.74, 6) is 2.68. The van der Waals surface area contributed by atoms with Crippen LogP contribution in [0.5, 0.6) is 5.75 Å². The van der Waals surface area contributed by atoms with Crippen molar-refractivity contribution >= 4 is 43.8 Å². The summed E-state index contributed by atoms with van der Waals surface area (Å²) in [5.41, 5.74) is 1.61. The number of allylic oxidation sites excluding steroid dienone is 1. The molecule has 2 aromatic rings. The van der Waals surface area contributed by atoms with Gasteiger partial charge < -0.3 is 4.74 Å². The van der Waals surface area contributed by atoms with Gasteiger partial charge in [0.1, 0.15) is 17.4 Å². The minimum Gasteiger partial charge on any atom is -0.495 e. The van der Waals surface area contributed by atoms with Crippen LogP contribution in [0.1, 0.15) is 38.8 Å². The molecular weight excluding hydrogens is 472 g/mol. The van der Waals surface area contributed by atoms with Crippen LogP contribution in [-0.2, 0) is 20.7 Å². The van der Waals surface area contributed by atoms with Gasteiger partial charge in [-0.25, -0.2) is 8.78 Å². The SMILES string of the molecule is C=S(C)(=O)c1cc(F)c(CSC(C)=N/C=C(\C)C(C)(C)c2ccc(Cl)c(OC)c2)c(F)c1. The standard InChI is InChI=1S/C24H28ClF2NO2S2/c1-15(24(3,4)17-8-9-20(25)23(10-17)30-5)13-28-16(2)31-14-19-21(26)11-18(12-22(19)27)32(6,7)29/h8-13H,6,14H2,1-5,7H3/b15-13+,28-16?. The lowest BCUT2D eigenvalue weighted by Gasteiger charge is -2.27. The van der Waals surface area contributed by atoms with Gasteiger partial charge in [-0.05, 0) is 64.6 Å². The molecule has 174 valence electrons. The Morgan fingerprint density at radius 2 is 1.84 bits per heavy atom. The van der Waals surface area contributed by atoms with E-state index in [4.69, 9.17) is 16.3 Å². The van der Waals surface area contributed by atoms with Crippen LogP contribution >= 0.6 is 23.4 Å². The minimum atomic E-state index is -2.69. The predicted molar refractivity (Wildman–Crippen MR) is 135 cm³/mol. The molecule has 0 aliphatic heterocycles. The Labute approximate surface area is 198 Å². The Bertz CT molecular complexity index is 1150. The summed E-state index contributed by atoms with van der Waals surface area (Å²) in [4.78, 5) is 4.53. The second-order valence-electron chi connectivity index (χ2n) is 8.09. The maximum absolute atomic E-state index is 14.4. The quantitative estimate of drug-likeness (QED) is 0.237. The van der Waals surface area contributed by atoms with E-state index in [0.717, 1.165) is 23.3 Å². The third-order valence-corrected chi connectivity index (χ3v) is 7.84. The van der Waals surface area contributed by atoms with Gasteiger partial charge in [-0.3, -0.25) is 9.20 Å². The molecule has 1 unspecified atom stereocenters. The number of benzene rings is 2. The van der Waals surface area contributed by atoms with E-state index in [9.17, 15) is 13.0 Å². The van der Waals surface area contributed by atoms with Crippen molar-refractivity contribution in [1.82, 2.24) is 0 Å². The summed E-state index contributed by atoms with van der Waals surface area (Å²) in [7, 11) is -1.12. The Balaban J connectivity index is 2.18. The van der Waals surface area contributed by atoms with Gasteiger partial charge >= 0.3 is 0 Å². The molecule has 0 bridgehead atoms. The second kappa shape index (κ2) is 10.4. The fourth-order valence-electron chi connectivity index (χ4n) is 2.81. The highest BCUT2D eigenvalue weighted by Crippen LogP contribution is 2.36. The first-order chi connectivity index (χ1) is 14.8. The van der Waals surface area contributed by atoms with Crippen LogP contribution in [0.4, 0.5) is 8.78 Å². The van der Waals surface area contributed by atoms with E-state index in [0.29, 0.717) is 15.8 Å². The van der Waals surface area contributed by atoms with Gasteiger partial charge in [0.15, 0.2) is 0 Å². The van der Waals surface area contributed by atoms with Crippen LogP contribution in [0.15, 0.2) is 52.0 Å². The maximum atomic E-state index is 14.4. The highest BCUT2D eigenvalue weighted by Gasteiger charge is 2.24. The number of methoxy groups -OCH3 is 1. The van der Waals surface area contributed by atoms with E-state index >= 15 is 0 Å². The van der Waals surface area contributed by atoms with Crippen LogP contribution in [0.2, 0.25) is 5.02 Å². The molecular formula is C24H28ClF2NO2S2. The highest BCUT2D eigenvalue weighted by molar-refractivity contribution is 8.13. The number of ether oxygens (including phenoxy) is 1. The minimum absolute atomic E-state index is 0.0614. The smallest absolute Gasteiger partial charge is 0.137 e. The third kappa shape index (κ3) is 6.36. The lowest BCUT2D eigenvalue weighted by molar-refractivity contribution is 0.413. The van der Waals surface area contributed by atoms with Crippen LogP contribution < -0.4 is 4.74 Å². The second-order valence-corrected chi connectivity index (χ2v) is 12.2. The molecule has 8 heteroatoms. The fraction of sp³-hybridized carbons (Fsp3) is 0.333. The molecule has 2 rings (SSSR count). The summed E-state index contributed by atoms with van der Waals surface area (Å²) in [6.07, 6.45) is 3.11. The molecule has 2 aromatic carbocycles. The van der Waals surface area contributed by atoms with Crippen molar-refractivity contribution in [3.63, 3.8) is 0 Å². The molecule has 1 atom stereocenters. The number of aliphatic imine (C=N–C) groups is 1. The molecule has 32 heavy (non-hydrogen) atoms. The summed E-state index contributed by atoms with van der Waals surface area (Å²) in [6, 6.07) is 7.83. The Morgan fingerprint density at radius 1 is 1.25 bits per heavy atom. The molecule has 0 saturated heterocycles. The largest absolute Gasteiger partial charge is 0.495 e. The fourth-order valence-corrected chi connectivity index (χ4v) is 4.46. The van der Waals surface area contributed by atoms with E-state index in [1.54, 1.807) is 26.3 Å². The predicted octanol–water partition coefficient (Wildman–Crippen LogP) is 6.87. The van der Waals surface area contributed by atoms with E-state index in [1.165, 1.54) is 18.0 Å². The molecule has 0 fully saturated rings. The zero-order valence-corrected chi connectivity index (χ0v) is 21.5. The van der Waals surface area contributed by atoms with Crippen LogP contribution in [-0.4, -0.2) is 28.5 Å². The normalized spacial score (nSPS) is 14.9. The lowest BCUT2D eigenvalue weighted by atomic mass is 9.78. The van der Waals surface area contributed by atoms with Gasteiger partial charge in [0.05, 0.1) is 17.2 Å². The maximum Gasteiger partial charge on any atom is 0.137 e. The van der Waals surface area contributed by atoms with Crippen LogP contribution in [0, 0.1) is 11.6 Å². The zero-order chi connectivity index (χ0) is 24.3. The number of nitrogens with zero attached hydrogens (tertiary/aromatic N) is 1. The number of thioether (sulfide) groups is 1. The Kier molecular flexibility index (Phi) is 8.59. The highest BCUT2D eigenvalue weighted by atomic mass is 35.5. The first kappa shape index (κ1) is 26.4. The van der Waals surface area contributed by atoms with Crippen molar-refractivity contribution in [3.05, 3.63) is 69.9 Å². The van der Waals surface area contributed by atoms with Gasteiger partial charge in [0, 0.05) is 34.1 Å². The van der Waals surface area contributed by atoms with Gasteiger partial charge in [-0.2, -0.15) is 0 Å². The van der Waals surface area contributed by atoms with E-state index in [-0.39, 0.29) is 21.6 Å². The van der Waals surface area contributed by atoms with Crippen molar-refractivity contribution in [1.29, 1.82) is 0 Å². The summed E-state index contributed by atoms with van der Waals surface area (Å²) >= 11 is 7.36. The van der Waals surface area contributed by atoms with Crippen molar-refractivity contribution in [3.8, 4) is 5.75 Å². The van der Waals surface area contributed by atoms with Crippen molar-refractivity contribution in [2.24, 2.45) is 4.99 Å². The summed E-state index contributed by atoms with van der Waals surface area (Å²) in [5, 5.41) is 1.20. The van der Waals surface area contributed by atoms with Gasteiger partial charge in [-0.1, -0.05) is 31.5 Å². The molecule has 0 spiro atoms. The molecule has 0 aliphatic carbocycles. The Morgan fingerprint density at radius 3 is 2.38 bits per heavy atom. The summed E-state index contributed by atoms with van der Waals surface area (Å²) in [6.45, 7) is 7.90. The van der Waals surface area contributed by atoms with Gasteiger partial charge in [0.2, 0.25) is 0 Å².